The summed E-state index contributed by atoms with van der Waals surface area (Å²) in [5.74, 6) is 0.535. The van der Waals surface area contributed by atoms with Crippen LogP contribution in [0.3, 0.4) is 0 Å². The minimum Gasteiger partial charge on any atom is -0.390 e. The van der Waals surface area contributed by atoms with Crippen LogP contribution < -0.4 is 5.32 Å². The summed E-state index contributed by atoms with van der Waals surface area (Å²) in [5.41, 5.74) is 2.99. The first kappa shape index (κ1) is 22.7. The van der Waals surface area contributed by atoms with E-state index < -0.39 is 6.10 Å². The van der Waals surface area contributed by atoms with Gasteiger partial charge < -0.3 is 20.2 Å². The topological polar surface area (TPSA) is 102 Å². The maximum Gasteiger partial charge on any atom is 0.272 e. The molecule has 5 rings (SSSR count). The molecule has 0 radical (unpaired) electrons. The van der Waals surface area contributed by atoms with Crippen molar-refractivity contribution in [3.63, 3.8) is 0 Å². The Hall–Kier alpha value is -3.04. The van der Waals surface area contributed by atoms with Crippen molar-refractivity contribution < 1.29 is 14.7 Å². The van der Waals surface area contributed by atoms with Crippen molar-refractivity contribution >= 4 is 17.6 Å². The Labute approximate surface area is 199 Å². The number of aromatic nitrogens is 2. The Morgan fingerprint density at radius 2 is 1.79 bits per heavy atom. The highest BCUT2D eigenvalue weighted by atomic mass is 16.3. The molecule has 0 aliphatic carbocycles. The Bertz CT molecular complexity index is 1050. The molecule has 2 saturated heterocycles. The third-order valence-corrected chi connectivity index (χ3v) is 7.35. The van der Waals surface area contributed by atoms with Gasteiger partial charge in [-0.1, -0.05) is 24.3 Å². The second-order valence-electron chi connectivity index (χ2n) is 9.55. The molecule has 3 aliphatic heterocycles. The standard InChI is InChI=1S/C25H32N6O3/c1-17(32)29-10-7-20(8-11-29)28-24-12-21(26-16-27-24)25(34)31-14-22(23(33)15-31)30-9-6-18-4-2-3-5-19(18)13-30/h2-5,12,16,20,22-23,33H,6-11,13-15H2,1H3,(H,26,27,28)/t22-,23+/m0/s1. The molecule has 180 valence electrons. The van der Waals surface area contributed by atoms with E-state index in [1.807, 2.05) is 4.90 Å². The van der Waals surface area contributed by atoms with Crippen molar-refractivity contribution in [2.24, 2.45) is 0 Å². The Morgan fingerprint density at radius 3 is 2.56 bits per heavy atom. The molecule has 1 aromatic carbocycles. The predicted octanol–water partition coefficient (Wildman–Crippen LogP) is 1.14. The van der Waals surface area contributed by atoms with Gasteiger partial charge in [-0.25, -0.2) is 9.97 Å². The molecule has 9 heteroatoms. The van der Waals surface area contributed by atoms with Gasteiger partial charge in [0.1, 0.15) is 17.8 Å². The zero-order valence-electron chi connectivity index (χ0n) is 19.6. The fraction of sp³-hybridized carbons (Fsp3) is 0.520. The number of piperidine rings is 1. The average molecular weight is 465 g/mol. The Balaban J connectivity index is 1.20. The van der Waals surface area contributed by atoms with E-state index in [-0.39, 0.29) is 23.9 Å². The van der Waals surface area contributed by atoms with E-state index in [9.17, 15) is 14.7 Å². The summed E-state index contributed by atoms with van der Waals surface area (Å²) in [6, 6.07) is 10.2. The number of rotatable bonds is 4. The molecule has 9 nitrogen and oxygen atoms in total. The lowest BCUT2D eigenvalue weighted by molar-refractivity contribution is -0.129. The van der Waals surface area contributed by atoms with Crippen molar-refractivity contribution in [2.75, 3.05) is 38.0 Å². The van der Waals surface area contributed by atoms with Crippen LogP contribution in [0.25, 0.3) is 0 Å². The maximum absolute atomic E-state index is 13.2. The summed E-state index contributed by atoms with van der Waals surface area (Å²) in [4.78, 5) is 39.1. The number of carbonyl (C=O) groups excluding carboxylic acids is 2. The van der Waals surface area contributed by atoms with Gasteiger partial charge in [-0.2, -0.15) is 0 Å². The van der Waals surface area contributed by atoms with E-state index in [1.165, 1.54) is 17.5 Å². The van der Waals surface area contributed by atoms with Crippen molar-refractivity contribution in [2.45, 2.75) is 50.9 Å². The number of hydrogen-bond donors (Lipinski definition) is 2. The lowest BCUT2D eigenvalue weighted by Crippen LogP contribution is -2.45. The number of fused-ring (bicyclic) bond motifs is 1. The van der Waals surface area contributed by atoms with Gasteiger partial charge in [-0.15, -0.1) is 0 Å². The van der Waals surface area contributed by atoms with Crippen molar-refractivity contribution in [1.82, 2.24) is 24.7 Å². The molecular weight excluding hydrogens is 432 g/mol. The molecule has 2 amide bonds. The minimum atomic E-state index is -0.583. The molecule has 0 spiro atoms. The second-order valence-corrected chi connectivity index (χ2v) is 9.55. The number of amides is 2. The fourth-order valence-corrected chi connectivity index (χ4v) is 5.36. The molecule has 0 unspecified atom stereocenters. The highest BCUT2D eigenvalue weighted by molar-refractivity contribution is 5.93. The van der Waals surface area contributed by atoms with Gasteiger partial charge >= 0.3 is 0 Å². The first-order chi connectivity index (χ1) is 16.5. The molecule has 2 fully saturated rings. The van der Waals surface area contributed by atoms with E-state index >= 15 is 0 Å². The lowest BCUT2D eigenvalue weighted by atomic mass is 9.98. The maximum atomic E-state index is 13.2. The van der Waals surface area contributed by atoms with Crippen LogP contribution >= 0.6 is 0 Å². The van der Waals surface area contributed by atoms with Gasteiger partial charge in [0.15, 0.2) is 0 Å². The molecule has 0 bridgehead atoms. The summed E-state index contributed by atoms with van der Waals surface area (Å²) in [6.45, 7) is 5.50. The number of aliphatic hydroxyl groups is 1. The van der Waals surface area contributed by atoms with E-state index in [2.05, 4.69) is 44.5 Å². The monoisotopic (exact) mass is 464 g/mol. The molecule has 2 atom stereocenters. The van der Waals surface area contributed by atoms with Gasteiger partial charge in [0.05, 0.1) is 12.1 Å². The highest BCUT2D eigenvalue weighted by Gasteiger charge is 2.39. The number of likely N-dealkylation sites (tertiary alicyclic amines) is 2. The number of benzene rings is 1. The van der Waals surface area contributed by atoms with Crippen LogP contribution in [0.4, 0.5) is 5.82 Å². The van der Waals surface area contributed by atoms with Crippen molar-refractivity contribution in [1.29, 1.82) is 0 Å². The Kier molecular flexibility index (Phi) is 6.47. The molecule has 4 heterocycles. The third kappa shape index (κ3) is 4.76. The smallest absolute Gasteiger partial charge is 0.272 e. The van der Waals surface area contributed by atoms with Crippen LogP contribution in [0.1, 0.15) is 41.4 Å². The number of nitrogens with zero attached hydrogens (tertiary/aromatic N) is 5. The van der Waals surface area contributed by atoms with Crippen LogP contribution in [-0.4, -0.2) is 92.5 Å². The van der Waals surface area contributed by atoms with Crippen LogP contribution in [-0.2, 0) is 17.8 Å². The van der Waals surface area contributed by atoms with E-state index in [0.29, 0.717) is 24.6 Å². The first-order valence-electron chi connectivity index (χ1n) is 12.1. The molecule has 1 aromatic heterocycles. The normalized spacial score (nSPS) is 23.6. The molecule has 2 N–H and O–H groups in total. The summed E-state index contributed by atoms with van der Waals surface area (Å²) in [5, 5.41) is 14.2. The summed E-state index contributed by atoms with van der Waals surface area (Å²) in [6.07, 6.45) is 3.46. The van der Waals surface area contributed by atoms with Gasteiger partial charge in [-0.05, 0) is 30.4 Å². The average Bonchev–Trinajstić information content (AvgIpc) is 3.25. The van der Waals surface area contributed by atoms with Gasteiger partial charge in [-0.3, -0.25) is 14.5 Å². The quantitative estimate of drug-likeness (QED) is 0.700. The largest absolute Gasteiger partial charge is 0.390 e. The van der Waals surface area contributed by atoms with E-state index in [4.69, 9.17) is 0 Å². The summed E-state index contributed by atoms with van der Waals surface area (Å²) < 4.78 is 0. The van der Waals surface area contributed by atoms with E-state index in [0.717, 1.165) is 45.4 Å². The van der Waals surface area contributed by atoms with Crippen LogP contribution in [0.15, 0.2) is 36.7 Å². The fourth-order valence-electron chi connectivity index (χ4n) is 5.36. The third-order valence-electron chi connectivity index (χ3n) is 7.35. The molecule has 2 aromatic rings. The molecular formula is C25H32N6O3. The number of anilines is 1. The summed E-state index contributed by atoms with van der Waals surface area (Å²) >= 11 is 0. The first-order valence-corrected chi connectivity index (χ1v) is 12.1. The van der Waals surface area contributed by atoms with Crippen LogP contribution in [0.2, 0.25) is 0 Å². The molecule has 34 heavy (non-hydrogen) atoms. The zero-order valence-corrected chi connectivity index (χ0v) is 19.6. The number of β-amino-alcohol motifs (C(OH)–C–C–N with tert-alkyl or cyclic N) is 1. The molecule has 0 saturated carbocycles. The second kappa shape index (κ2) is 9.68. The van der Waals surface area contributed by atoms with E-state index in [1.54, 1.807) is 17.9 Å². The minimum absolute atomic E-state index is 0.0804. The van der Waals surface area contributed by atoms with Gasteiger partial charge in [0.25, 0.3) is 5.91 Å². The number of carbonyl (C=O) groups is 2. The zero-order chi connectivity index (χ0) is 23.7. The van der Waals surface area contributed by atoms with Crippen LogP contribution in [0, 0.1) is 0 Å². The van der Waals surface area contributed by atoms with Gasteiger partial charge in [0, 0.05) is 58.3 Å². The predicted molar refractivity (Wildman–Crippen MR) is 127 cm³/mol. The number of nitrogens with one attached hydrogen (secondary N) is 1. The molecule has 3 aliphatic rings. The Morgan fingerprint density at radius 1 is 1.03 bits per heavy atom. The van der Waals surface area contributed by atoms with Gasteiger partial charge in [0.2, 0.25) is 5.91 Å². The number of aliphatic hydroxyl groups excluding tert-OH is 1. The van der Waals surface area contributed by atoms with Crippen molar-refractivity contribution in [3.05, 3.63) is 53.5 Å². The lowest BCUT2D eigenvalue weighted by Gasteiger charge is -2.34. The highest BCUT2D eigenvalue weighted by Crippen LogP contribution is 2.26. The number of hydrogen-bond acceptors (Lipinski definition) is 7. The summed E-state index contributed by atoms with van der Waals surface area (Å²) in [7, 11) is 0. The van der Waals surface area contributed by atoms with Crippen LogP contribution in [0.5, 0.6) is 0 Å². The van der Waals surface area contributed by atoms with Crippen molar-refractivity contribution in [3.8, 4) is 0 Å². The SMILES string of the molecule is CC(=O)N1CCC(Nc2cc(C(=O)N3C[C@@H](O)[C@@H](N4CCc5ccccc5C4)C3)ncn2)CC1.